The zero-order chi connectivity index (χ0) is 17.7. The average Bonchev–Trinajstić information content (AvgIpc) is 2.43. The van der Waals surface area contributed by atoms with Crippen LogP contribution in [0.4, 0.5) is 0 Å². The van der Waals surface area contributed by atoms with Gasteiger partial charge in [-0.3, -0.25) is 0 Å². The zero-order valence-electron chi connectivity index (χ0n) is 13.7. The van der Waals surface area contributed by atoms with Crippen LogP contribution in [0, 0.1) is 0 Å². The molecule has 0 radical (unpaired) electrons. The van der Waals surface area contributed by atoms with E-state index in [1.807, 2.05) is 0 Å². The smallest absolute Gasteiger partial charge is 0.333 e. The summed E-state index contributed by atoms with van der Waals surface area (Å²) >= 11 is 0. The summed E-state index contributed by atoms with van der Waals surface area (Å²) in [6, 6.07) is 0. The minimum Gasteiger partial charge on any atom is -0.463 e. The molecule has 0 spiro atoms. The fourth-order valence-corrected chi connectivity index (χ4v) is 0.769. The van der Waals surface area contributed by atoms with E-state index in [2.05, 4.69) is 33.9 Å². The van der Waals surface area contributed by atoms with Gasteiger partial charge in [-0.05, 0) is 27.7 Å². The predicted octanol–water partition coefficient (Wildman–Crippen LogP) is 2.35. The summed E-state index contributed by atoms with van der Waals surface area (Å²) < 4.78 is 13.9. The van der Waals surface area contributed by atoms with Gasteiger partial charge in [0.25, 0.3) is 0 Å². The lowest BCUT2D eigenvalue weighted by atomic mass is 10.4. The Labute approximate surface area is 131 Å². The van der Waals surface area contributed by atoms with Crippen LogP contribution in [0.1, 0.15) is 27.7 Å². The third-order valence-corrected chi connectivity index (χ3v) is 1.87. The van der Waals surface area contributed by atoms with Crippen LogP contribution >= 0.6 is 0 Å². The lowest BCUT2D eigenvalue weighted by molar-refractivity contribution is -0.147. The molecule has 22 heavy (non-hydrogen) atoms. The lowest BCUT2D eigenvalue weighted by Crippen LogP contribution is -2.14. The molecule has 0 aliphatic rings. The molecule has 0 aliphatic heterocycles. The Morgan fingerprint density at radius 1 is 0.682 bits per heavy atom. The molecule has 0 atom stereocenters. The average molecular weight is 312 g/mol. The quantitative estimate of drug-likeness (QED) is 0.311. The van der Waals surface area contributed by atoms with E-state index < -0.39 is 11.9 Å². The van der Waals surface area contributed by atoms with Crippen molar-refractivity contribution >= 4 is 17.9 Å². The SMILES string of the molecule is C=C(C)C(=O)OCC.C=C(C)C(=O)OCCOC(=O)C(=C)C. The van der Waals surface area contributed by atoms with Gasteiger partial charge in [-0.15, -0.1) is 0 Å². The zero-order valence-corrected chi connectivity index (χ0v) is 13.7. The summed E-state index contributed by atoms with van der Waals surface area (Å²) in [6.07, 6.45) is 0. The molecule has 0 bridgehead atoms. The maximum absolute atomic E-state index is 10.8. The van der Waals surface area contributed by atoms with E-state index >= 15 is 0 Å². The maximum atomic E-state index is 10.8. The van der Waals surface area contributed by atoms with Gasteiger partial charge in [-0.1, -0.05) is 19.7 Å². The molecular weight excluding hydrogens is 288 g/mol. The molecule has 0 aliphatic carbocycles. The molecule has 0 unspecified atom stereocenters. The molecule has 6 nitrogen and oxygen atoms in total. The molecular formula is C16H24O6. The highest BCUT2D eigenvalue weighted by atomic mass is 16.6. The van der Waals surface area contributed by atoms with Gasteiger partial charge in [0.05, 0.1) is 6.61 Å². The van der Waals surface area contributed by atoms with E-state index in [0.717, 1.165) is 0 Å². The van der Waals surface area contributed by atoms with Crippen molar-refractivity contribution in [2.24, 2.45) is 0 Å². The predicted molar refractivity (Wildman–Crippen MR) is 83.0 cm³/mol. The highest BCUT2D eigenvalue weighted by molar-refractivity contribution is 5.87. The number of carbonyl (C=O) groups excluding carboxylic acids is 3. The van der Waals surface area contributed by atoms with Crippen molar-refractivity contribution in [2.75, 3.05) is 19.8 Å². The second kappa shape index (κ2) is 12.4. The first-order chi connectivity index (χ1) is 10.1. The van der Waals surface area contributed by atoms with Crippen LogP contribution < -0.4 is 0 Å². The van der Waals surface area contributed by atoms with E-state index in [9.17, 15) is 14.4 Å². The van der Waals surface area contributed by atoms with Crippen LogP contribution in [0.25, 0.3) is 0 Å². The largest absolute Gasteiger partial charge is 0.463 e. The molecule has 0 aromatic carbocycles. The first kappa shape index (κ1) is 21.9. The van der Waals surface area contributed by atoms with Crippen molar-refractivity contribution in [2.45, 2.75) is 27.7 Å². The van der Waals surface area contributed by atoms with E-state index in [4.69, 9.17) is 0 Å². The fraction of sp³-hybridized carbons (Fsp3) is 0.438. The molecule has 0 N–H and O–H groups in total. The summed E-state index contributed by atoms with van der Waals surface area (Å²) in [4.78, 5) is 32.1. The number of esters is 3. The van der Waals surface area contributed by atoms with Gasteiger partial charge in [-0.25, -0.2) is 14.4 Å². The van der Waals surface area contributed by atoms with Crippen LogP contribution in [0.5, 0.6) is 0 Å². The second-order valence-electron chi connectivity index (χ2n) is 4.33. The standard InChI is InChI=1S/C10H14O4.C6H10O2/c1-7(2)9(11)13-5-6-14-10(12)8(3)4;1-4-8-6(7)5(2)3/h1,3,5-6H2,2,4H3;2,4H2,1,3H3. The third kappa shape index (κ3) is 12.7. The summed E-state index contributed by atoms with van der Waals surface area (Å²) in [5.41, 5.74) is 1.08. The summed E-state index contributed by atoms with van der Waals surface area (Å²) in [5.74, 6) is -1.29. The number of carbonyl (C=O) groups is 3. The summed E-state index contributed by atoms with van der Waals surface area (Å²) in [5, 5.41) is 0. The number of hydrogen-bond donors (Lipinski definition) is 0. The molecule has 0 heterocycles. The molecule has 0 aromatic rings. The number of rotatable bonds is 7. The first-order valence-electron chi connectivity index (χ1n) is 6.61. The van der Waals surface area contributed by atoms with Crippen LogP contribution in [0.2, 0.25) is 0 Å². The fourth-order valence-electron chi connectivity index (χ4n) is 0.769. The molecule has 0 rings (SSSR count). The molecule has 0 aromatic heterocycles. The Morgan fingerprint density at radius 3 is 1.14 bits per heavy atom. The van der Waals surface area contributed by atoms with Crippen LogP contribution in [-0.2, 0) is 28.6 Å². The Bertz CT molecular complexity index is 420. The van der Waals surface area contributed by atoms with Crippen molar-refractivity contribution in [3.63, 3.8) is 0 Å². The highest BCUT2D eigenvalue weighted by Gasteiger charge is 2.05. The van der Waals surface area contributed by atoms with Crippen molar-refractivity contribution in [3.05, 3.63) is 36.5 Å². The van der Waals surface area contributed by atoms with Crippen molar-refractivity contribution in [1.29, 1.82) is 0 Å². The topological polar surface area (TPSA) is 78.9 Å². The van der Waals surface area contributed by atoms with Gasteiger partial charge in [0.15, 0.2) is 0 Å². The van der Waals surface area contributed by atoms with Gasteiger partial charge >= 0.3 is 17.9 Å². The van der Waals surface area contributed by atoms with Gasteiger partial charge in [0.2, 0.25) is 0 Å². The lowest BCUT2D eigenvalue weighted by Gasteiger charge is -2.05. The third-order valence-electron chi connectivity index (χ3n) is 1.87. The number of hydrogen-bond acceptors (Lipinski definition) is 6. The Hall–Kier alpha value is -2.37. The van der Waals surface area contributed by atoms with E-state index in [0.29, 0.717) is 23.3 Å². The number of ether oxygens (including phenoxy) is 3. The molecule has 0 saturated carbocycles. The molecule has 6 heteroatoms. The first-order valence-corrected chi connectivity index (χ1v) is 6.61. The van der Waals surface area contributed by atoms with Gasteiger partial charge in [0, 0.05) is 16.7 Å². The van der Waals surface area contributed by atoms with Gasteiger partial charge in [0.1, 0.15) is 13.2 Å². The molecule has 124 valence electrons. The van der Waals surface area contributed by atoms with E-state index in [1.165, 1.54) is 0 Å². The maximum Gasteiger partial charge on any atom is 0.333 e. The Kier molecular flexibility index (Phi) is 12.3. The molecule has 0 fully saturated rings. The summed E-state index contributed by atoms with van der Waals surface area (Å²) in [6.45, 7) is 17.2. The normalized spacial score (nSPS) is 8.73. The highest BCUT2D eigenvalue weighted by Crippen LogP contribution is 1.94. The van der Waals surface area contributed by atoms with Gasteiger partial charge in [-0.2, -0.15) is 0 Å². The van der Waals surface area contributed by atoms with E-state index in [1.54, 1.807) is 27.7 Å². The van der Waals surface area contributed by atoms with Crippen molar-refractivity contribution in [3.8, 4) is 0 Å². The van der Waals surface area contributed by atoms with Crippen LogP contribution in [-0.4, -0.2) is 37.7 Å². The monoisotopic (exact) mass is 312 g/mol. The van der Waals surface area contributed by atoms with Crippen LogP contribution in [0.3, 0.4) is 0 Å². The van der Waals surface area contributed by atoms with Crippen molar-refractivity contribution in [1.82, 2.24) is 0 Å². The Balaban J connectivity index is 0. The minimum absolute atomic E-state index is 0.0325. The minimum atomic E-state index is -0.489. The van der Waals surface area contributed by atoms with E-state index in [-0.39, 0.29) is 19.2 Å². The molecule has 0 amide bonds. The molecule has 0 saturated heterocycles. The van der Waals surface area contributed by atoms with Crippen molar-refractivity contribution < 1.29 is 28.6 Å². The van der Waals surface area contributed by atoms with Crippen LogP contribution in [0.15, 0.2) is 36.5 Å². The Morgan fingerprint density at radius 2 is 0.955 bits per heavy atom. The van der Waals surface area contributed by atoms with Gasteiger partial charge < -0.3 is 14.2 Å². The second-order valence-corrected chi connectivity index (χ2v) is 4.33. The summed E-state index contributed by atoms with van der Waals surface area (Å²) in [7, 11) is 0.